The average Bonchev–Trinajstić information content (AvgIpc) is 3.31. The molecule has 1 saturated heterocycles. The molecule has 2 aliphatic rings. The van der Waals surface area contributed by atoms with Gasteiger partial charge in [-0.2, -0.15) is 17.5 Å². The minimum Gasteiger partial charge on any atom is -0.445 e. The van der Waals surface area contributed by atoms with Gasteiger partial charge in [-0.3, -0.25) is 0 Å². The Morgan fingerprint density at radius 2 is 1.76 bits per heavy atom. The third kappa shape index (κ3) is 5.14. The maximum absolute atomic E-state index is 13.0. The van der Waals surface area contributed by atoms with Crippen LogP contribution in [0.2, 0.25) is 0 Å². The Morgan fingerprint density at radius 3 is 2.33 bits per heavy atom. The number of ether oxygens (including phenoxy) is 1. The number of carbonyl (C=O) groups excluding carboxylic acids is 1. The second-order valence-corrected chi connectivity index (χ2v) is 10.4. The molecule has 1 N–H and O–H groups in total. The number of nitrogens with one attached hydrogen (secondary N) is 1. The number of alkyl carbamates (subject to hydrolysis) is 1. The zero-order chi connectivity index (χ0) is 23.8. The molecule has 0 spiro atoms. The van der Waals surface area contributed by atoms with Crippen LogP contribution in [-0.4, -0.2) is 42.9 Å². The molecule has 2 aromatic rings. The van der Waals surface area contributed by atoms with Crippen LogP contribution in [0.4, 0.5) is 18.0 Å². The molecule has 7 nitrogen and oxygen atoms in total. The minimum absolute atomic E-state index is 0.0573. The van der Waals surface area contributed by atoms with Gasteiger partial charge in [0, 0.05) is 19.1 Å². The van der Waals surface area contributed by atoms with E-state index >= 15 is 0 Å². The number of hydrogen-bond donors (Lipinski definition) is 1. The van der Waals surface area contributed by atoms with E-state index in [1.54, 1.807) is 0 Å². The summed E-state index contributed by atoms with van der Waals surface area (Å²) < 4.78 is 71.2. The third-order valence-corrected chi connectivity index (χ3v) is 8.16. The van der Waals surface area contributed by atoms with Crippen LogP contribution in [0, 0.1) is 18.8 Å². The van der Waals surface area contributed by atoms with Crippen LogP contribution in [0.1, 0.15) is 29.8 Å². The Balaban J connectivity index is 1.33. The predicted molar refractivity (Wildman–Crippen MR) is 112 cm³/mol. The van der Waals surface area contributed by atoms with E-state index in [-0.39, 0.29) is 48.2 Å². The Kier molecular flexibility index (Phi) is 6.37. The van der Waals surface area contributed by atoms with Crippen LogP contribution < -0.4 is 5.32 Å². The molecule has 3 atom stereocenters. The number of benzene rings is 1. The van der Waals surface area contributed by atoms with Gasteiger partial charge < -0.3 is 10.1 Å². The molecule has 1 aliphatic heterocycles. The van der Waals surface area contributed by atoms with Gasteiger partial charge in [-0.15, -0.1) is 0 Å². The van der Waals surface area contributed by atoms with Crippen molar-refractivity contribution in [3.8, 4) is 0 Å². The van der Waals surface area contributed by atoms with Crippen LogP contribution in [0.3, 0.4) is 0 Å². The molecular weight excluding hydrogens is 459 g/mol. The standard InChI is InChI=1S/C22H24F3N3O4S/c1-14-19(7-8-20(26-14)22(23,24)25)33(30,31)28-11-16-9-18(10-17(16)12-28)27-21(29)32-13-15-5-3-2-4-6-15/h2-8,16-18H,9-13H2,1H3,(H,27,29)/t16-,17+,18?. The highest BCUT2D eigenvalue weighted by Crippen LogP contribution is 2.40. The summed E-state index contributed by atoms with van der Waals surface area (Å²) in [6, 6.07) is 10.9. The van der Waals surface area contributed by atoms with Crippen molar-refractivity contribution >= 4 is 16.1 Å². The zero-order valence-electron chi connectivity index (χ0n) is 17.9. The van der Waals surface area contributed by atoms with Gasteiger partial charge in [-0.05, 0) is 49.3 Å². The number of hydrogen-bond acceptors (Lipinski definition) is 5. The maximum atomic E-state index is 13.0. The molecular formula is C22H24F3N3O4S. The van der Waals surface area contributed by atoms with Gasteiger partial charge in [0.25, 0.3) is 0 Å². The van der Waals surface area contributed by atoms with Gasteiger partial charge in [0.05, 0.1) is 5.69 Å². The highest BCUT2D eigenvalue weighted by atomic mass is 32.2. The number of sulfonamides is 1. The van der Waals surface area contributed by atoms with Crippen LogP contribution in [0.15, 0.2) is 47.4 Å². The number of alkyl halides is 3. The van der Waals surface area contributed by atoms with Crippen molar-refractivity contribution in [1.29, 1.82) is 0 Å². The third-order valence-electron chi connectivity index (χ3n) is 6.20. The summed E-state index contributed by atoms with van der Waals surface area (Å²) in [5.41, 5.74) is -0.419. The first kappa shape index (κ1) is 23.5. The fourth-order valence-electron chi connectivity index (χ4n) is 4.62. The predicted octanol–water partition coefficient (Wildman–Crippen LogP) is 3.73. The normalized spacial score (nSPS) is 23.3. The maximum Gasteiger partial charge on any atom is 0.433 e. The number of halogens is 3. The summed E-state index contributed by atoms with van der Waals surface area (Å²) >= 11 is 0. The number of aromatic nitrogens is 1. The molecule has 0 radical (unpaired) electrons. The number of amides is 1. The SMILES string of the molecule is Cc1nc(C(F)(F)F)ccc1S(=O)(=O)N1C[C@H]2CC(NC(=O)OCc3ccccc3)C[C@H]2C1. The number of rotatable bonds is 5. The molecule has 1 unspecified atom stereocenters. The first-order valence-corrected chi connectivity index (χ1v) is 12.0. The molecule has 2 fully saturated rings. The Morgan fingerprint density at radius 1 is 1.12 bits per heavy atom. The molecule has 1 amide bonds. The fourth-order valence-corrected chi connectivity index (χ4v) is 6.33. The summed E-state index contributed by atoms with van der Waals surface area (Å²) in [6.45, 7) is 1.94. The van der Waals surface area contributed by atoms with Crippen LogP contribution in [0.25, 0.3) is 0 Å². The topological polar surface area (TPSA) is 88.6 Å². The molecule has 33 heavy (non-hydrogen) atoms. The van der Waals surface area contributed by atoms with Crippen LogP contribution >= 0.6 is 0 Å². The van der Waals surface area contributed by atoms with Crippen molar-refractivity contribution in [2.45, 2.75) is 43.5 Å². The summed E-state index contributed by atoms with van der Waals surface area (Å²) in [4.78, 5) is 15.3. The van der Waals surface area contributed by atoms with E-state index in [0.717, 1.165) is 11.6 Å². The monoisotopic (exact) mass is 483 g/mol. The van der Waals surface area contributed by atoms with Gasteiger partial charge >= 0.3 is 12.3 Å². The highest BCUT2D eigenvalue weighted by molar-refractivity contribution is 7.89. The van der Waals surface area contributed by atoms with Crippen molar-refractivity contribution in [2.75, 3.05) is 13.1 Å². The molecule has 1 aromatic heterocycles. The van der Waals surface area contributed by atoms with E-state index in [1.807, 2.05) is 30.3 Å². The van der Waals surface area contributed by atoms with Gasteiger partial charge in [-0.25, -0.2) is 18.2 Å². The van der Waals surface area contributed by atoms with Crippen molar-refractivity contribution in [2.24, 2.45) is 11.8 Å². The number of pyridine rings is 1. The lowest BCUT2D eigenvalue weighted by atomic mass is 10.0. The number of aryl methyl sites for hydroxylation is 1. The summed E-state index contributed by atoms with van der Waals surface area (Å²) in [7, 11) is -3.96. The van der Waals surface area contributed by atoms with E-state index in [9.17, 15) is 26.4 Å². The molecule has 0 bridgehead atoms. The van der Waals surface area contributed by atoms with Crippen molar-refractivity contribution in [3.63, 3.8) is 0 Å². The number of nitrogens with zero attached hydrogens (tertiary/aromatic N) is 2. The molecule has 1 aliphatic carbocycles. The van der Waals surface area contributed by atoms with E-state index in [1.165, 1.54) is 11.2 Å². The quantitative estimate of drug-likeness (QED) is 0.700. The molecule has 4 rings (SSSR count). The minimum atomic E-state index is -4.64. The van der Waals surface area contributed by atoms with Crippen LogP contribution in [0.5, 0.6) is 0 Å². The zero-order valence-corrected chi connectivity index (χ0v) is 18.7. The van der Waals surface area contributed by atoms with E-state index in [2.05, 4.69) is 10.3 Å². The molecule has 11 heteroatoms. The second-order valence-electron chi connectivity index (χ2n) is 8.49. The van der Waals surface area contributed by atoms with Gasteiger partial charge in [-0.1, -0.05) is 30.3 Å². The first-order chi connectivity index (χ1) is 15.5. The first-order valence-electron chi connectivity index (χ1n) is 10.6. The number of fused-ring (bicyclic) bond motifs is 1. The summed E-state index contributed by atoms with van der Waals surface area (Å²) in [5, 5.41) is 2.85. The largest absolute Gasteiger partial charge is 0.445 e. The average molecular weight is 484 g/mol. The summed E-state index contributed by atoms with van der Waals surface area (Å²) in [5.74, 6) is 0.115. The molecule has 178 valence electrons. The van der Waals surface area contributed by atoms with Gasteiger partial charge in [0.2, 0.25) is 10.0 Å². The smallest absolute Gasteiger partial charge is 0.433 e. The van der Waals surface area contributed by atoms with E-state index in [4.69, 9.17) is 4.74 Å². The second kappa shape index (κ2) is 8.94. The lowest BCUT2D eigenvalue weighted by molar-refractivity contribution is -0.141. The molecule has 1 aromatic carbocycles. The van der Waals surface area contributed by atoms with E-state index in [0.29, 0.717) is 18.9 Å². The summed E-state index contributed by atoms with van der Waals surface area (Å²) in [6.07, 6.45) is -3.93. The van der Waals surface area contributed by atoms with Gasteiger partial charge in [0.15, 0.2) is 0 Å². The number of carbonyl (C=O) groups is 1. The van der Waals surface area contributed by atoms with Crippen LogP contribution in [-0.2, 0) is 27.5 Å². The molecule has 2 heterocycles. The van der Waals surface area contributed by atoms with Crippen molar-refractivity contribution in [3.05, 3.63) is 59.4 Å². The van der Waals surface area contributed by atoms with Gasteiger partial charge in [0.1, 0.15) is 17.2 Å². The Labute approximate surface area is 190 Å². The Bertz CT molecular complexity index is 1110. The fraction of sp³-hybridized carbons (Fsp3) is 0.455. The van der Waals surface area contributed by atoms with Crippen molar-refractivity contribution < 1.29 is 31.1 Å². The van der Waals surface area contributed by atoms with Crippen molar-refractivity contribution in [1.82, 2.24) is 14.6 Å². The lowest BCUT2D eigenvalue weighted by Crippen LogP contribution is -2.36. The lowest BCUT2D eigenvalue weighted by Gasteiger charge is -2.20. The Hall–Kier alpha value is -2.66. The molecule has 1 saturated carbocycles. The van der Waals surface area contributed by atoms with E-state index < -0.39 is 28.0 Å². The highest BCUT2D eigenvalue weighted by Gasteiger charge is 2.46.